The van der Waals surface area contributed by atoms with Crippen LogP contribution in [0.3, 0.4) is 0 Å². The molecule has 0 amide bonds. The van der Waals surface area contributed by atoms with Crippen molar-refractivity contribution in [1.29, 1.82) is 0 Å². The highest BCUT2D eigenvalue weighted by molar-refractivity contribution is 7.78. The Morgan fingerprint density at radius 3 is 2.59 bits per heavy atom. The minimum absolute atomic E-state index is 0.0624. The minimum Gasteiger partial charge on any atom is -0.772 e. The SMILES string of the molecule is CC(C1CCN(c2c(CS(=O)[O-])cnc3ccc(-c4ccccc4O)cc23)CC1)N(C)C. The van der Waals surface area contributed by atoms with Crippen molar-refractivity contribution in [1.82, 2.24) is 9.88 Å². The van der Waals surface area contributed by atoms with Crippen LogP contribution in [0.15, 0.2) is 48.7 Å². The molecule has 0 spiro atoms. The van der Waals surface area contributed by atoms with Crippen LogP contribution in [0.5, 0.6) is 5.75 Å². The molecule has 1 N–H and O–H groups in total. The van der Waals surface area contributed by atoms with Crippen LogP contribution in [0.2, 0.25) is 0 Å². The van der Waals surface area contributed by atoms with E-state index in [2.05, 4.69) is 35.8 Å². The summed E-state index contributed by atoms with van der Waals surface area (Å²) in [5.74, 6) is 0.771. The van der Waals surface area contributed by atoms with E-state index in [4.69, 9.17) is 0 Å². The lowest BCUT2D eigenvalue weighted by Crippen LogP contribution is -2.42. The number of phenolic OH excluding ortho intramolecular Hbond substituents is 1. The second kappa shape index (κ2) is 9.57. The Labute approximate surface area is 192 Å². The van der Waals surface area contributed by atoms with Gasteiger partial charge in [0.2, 0.25) is 0 Å². The largest absolute Gasteiger partial charge is 0.772 e. The first-order valence-electron chi connectivity index (χ1n) is 11.0. The maximum Gasteiger partial charge on any atom is 0.123 e. The van der Waals surface area contributed by atoms with Crippen LogP contribution in [0.25, 0.3) is 22.0 Å². The summed E-state index contributed by atoms with van der Waals surface area (Å²) in [5, 5.41) is 11.3. The van der Waals surface area contributed by atoms with Crippen molar-refractivity contribution < 1.29 is 13.9 Å². The van der Waals surface area contributed by atoms with E-state index >= 15 is 0 Å². The number of hydrogen-bond acceptors (Lipinski definition) is 6. The van der Waals surface area contributed by atoms with Gasteiger partial charge in [0.1, 0.15) is 5.75 Å². The van der Waals surface area contributed by atoms with Gasteiger partial charge in [-0.3, -0.25) is 9.19 Å². The van der Waals surface area contributed by atoms with Crippen LogP contribution >= 0.6 is 0 Å². The lowest BCUT2D eigenvalue weighted by Gasteiger charge is -2.39. The van der Waals surface area contributed by atoms with E-state index in [1.165, 1.54) is 0 Å². The topological polar surface area (TPSA) is 79.7 Å². The molecule has 2 aromatic carbocycles. The van der Waals surface area contributed by atoms with E-state index in [9.17, 15) is 13.9 Å². The Bertz CT molecular complexity index is 1130. The predicted molar refractivity (Wildman–Crippen MR) is 130 cm³/mol. The maximum absolute atomic E-state index is 11.6. The van der Waals surface area contributed by atoms with Crippen LogP contribution in [0.1, 0.15) is 25.3 Å². The summed E-state index contributed by atoms with van der Waals surface area (Å²) < 4.78 is 23.2. The average molecular weight is 453 g/mol. The number of hydrogen-bond donors (Lipinski definition) is 1. The predicted octanol–water partition coefficient (Wildman–Crippen LogP) is 4.15. The van der Waals surface area contributed by atoms with Gasteiger partial charge in [-0.25, -0.2) is 0 Å². The second-order valence-electron chi connectivity index (χ2n) is 8.86. The molecule has 2 unspecified atom stereocenters. The highest BCUT2D eigenvalue weighted by Crippen LogP contribution is 2.38. The van der Waals surface area contributed by atoms with Crippen molar-refractivity contribution in [2.24, 2.45) is 5.92 Å². The van der Waals surface area contributed by atoms with Crippen molar-refractivity contribution in [2.75, 3.05) is 32.1 Å². The maximum atomic E-state index is 11.6. The molecular weight excluding hydrogens is 422 g/mol. The van der Waals surface area contributed by atoms with Crippen LogP contribution < -0.4 is 4.90 Å². The fourth-order valence-electron chi connectivity index (χ4n) is 4.74. The summed E-state index contributed by atoms with van der Waals surface area (Å²) in [4.78, 5) is 9.13. The number of nitrogens with zero attached hydrogens (tertiary/aromatic N) is 3. The number of phenols is 1. The van der Waals surface area contributed by atoms with Gasteiger partial charge in [0, 0.05) is 47.6 Å². The van der Waals surface area contributed by atoms with Gasteiger partial charge < -0.3 is 19.5 Å². The number of pyridine rings is 1. The molecule has 0 radical (unpaired) electrons. The summed E-state index contributed by atoms with van der Waals surface area (Å²) in [7, 11) is 4.24. The van der Waals surface area contributed by atoms with E-state index in [0.717, 1.165) is 59.2 Å². The van der Waals surface area contributed by atoms with Gasteiger partial charge in [-0.15, -0.1) is 0 Å². The quantitative estimate of drug-likeness (QED) is 0.566. The molecule has 2 heterocycles. The van der Waals surface area contributed by atoms with Crippen LogP contribution in [-0.2, 0) is 16.8 Å². The van der Waals surface area contributed by atoms with E-state index in [1.54, 1.807) is 18.3 Å². The molecule has 1 saturated heterocycles. The fraction of sp³-hybridized carbons (Fsp3) is 0.400. The van der Waals surface area contributed by atoms with Crippen molar-refractivity contribution >= 4 is 27.7 Å². The van der Waals surface area contributed by atoms with Gasteiger partial charge >= 0.3 is 0 Å². The summed E-state index contributed by atoms with van der Waals surface area (Å²) in [6.07, 6.45) is 3.81. The summed E-state index contributed by atoms with van der Waals surface area (Å²) in [6, 6.07) is 13.7. The first-order chi connectivity index (χ1) is 15.3. The van der Waals surface area contributed by atoms with Crippen molar-refractivity contribution in [2.45, 2.75) is 31.6 Å². The molecule has 1 aliphatic heterocycles. The zero-order valence-electron chi connectivity index (χ0n) is 18.8. The lowest BCUT2D eigenvalue weighted by molar-refractivity contribution is 0.199. The Morgan fingerprint density at radius 1 is 1.22 bits per heavy atom. The number of rotatable bonds is 6. The van der Waals surface area contributed by atoms with Crippen LogP contribution in [0, 0.1) is 5.92 Å². The van der Waals surface area contributed by atoms with Crippen molar-refractivity contribution in [3.63, 3.8) is 0 Å². The number of aromatic hydroxyl groups is 1. The van der Waals surface area contributed by atoms with Gasteiger partial charge in [0.25, 0.3) is 0 Å². The Balaban J connectivity index is 1.77. The second-order valence-corrected chi connectivity index (χ2v) is 9.75. The molecule has 6 nitrogen and oxygen atoms in total. The summed E-state index contributed by atoms with van der Waals surface area (Å²) in [6.45, 7) is 4.02. The number of fused-ring (bicyclic) bond motifs is 1. The fourth-order valence-corrected chi connectivity index (χ4v) is 5.20. The monoisotopic (exact) mass is 452 g/mol. The van der Waals surface area contributed by atoms with Gasteiger partial charge in [-0.05, 0) is 63.5 Å². The molecule has 0 bridgehead atoms. The Morgan fingerprint density at radius 2 is 1.94 bits per heavy atom. The zero-order chi connectivity index (χ0) is 22.8. The molecule has 1 aromatic heterocycles. The average Bonchev–Trinajstić information content (AvgIpc) is 2.78. The number of benzene rings is 2. The van der Waals surface area contributed by atoms with Crippen molar-refractivity contribution in [3.8, 4) is 16.9 Å². The smallest absolute Gasteiger partial charge is 0.123 e. The van der Waals surface area contributed by atoms with E-state index in [-0.39, 0.29) is 11.5 Å². The number of aromatic nitrogens is 1. The normalized spacial score (nSPS) is 17.1. The first kappa shape index (κ1) is 22.7. The van der Waals surface area contributed by atoms with Gasteiger partial charge in [0.05, 0.1) is 11.2 Å². The van der Waals surface area contributed by atoms with E-state index in [1.807, 2.05) is 30.3 Å². The molecule has 3 aromatic rings. The standard InChI is InChI=1S/C25H31N3O3S/c1-17(27(2)3)18-10-12-28(13-11-18)25-20(16-32(30)31)15-26-23-9-8-19(14-22(23)25)21-6-4-5-7-24(21)29/h4-9,14-15,17-18,29H,10-13,16H2,1-3H3,(H,30,31)/p-1. The molecule has 7 heteroatoms. The minimum atomic E-state index is -2.20. The molecular formula is C25H30N3O3S-. The molecule has 4 rings (SSSR count). The Kier molecular flexibility index (Phi) is 6.79. The third-order valence-electron chi connectivity index (χ3n) is 6.76. The highest BCUT2D eigenvalue weighted by atomic mass is 32.2. The van der Waals surface area contributed by atoms with Crippen LogP contribution in [0.4, 0.5) is 5.69 Å². The van der Waals surface area contributed by atoms with E-state index < -0.39 is 11.1 Å². The van der Waals surface area contributed by atoms with Gasteiger partial charge in [-0.1, -0.05) is 35.3 Å². The van der Waals surface area contributed by atoms with Gasteiger partial charge in [-0.2, -0.15) is 0 Å². The molecule has 0 saturated carbocycles. The van der Waals surface area contributed by atoms with Crippen molar-refractivity contribution in [3.05, 3.63) is 54.2 Å². The summed E-state index contributed by atoms with van der Waals surface area (Å²) in [5.41, 5.74) is 4.13. The number of anilines is 1. The van der Waals surface area contributed by atoms with Gasteiger partial charge in [0.15, 0.2) is 0 Å². The molecule has 170 valence electrons. The molecule has 2 atom stereocenters. The molecule has 1 aliphatic rings. The Hall–Kier alpha value is -2.48. The summed E-state index contributed by atoms with van der Waals surface area (Å²) >= 11 is -2.20. The lowest BCUT2D eigenvalue weighted by atomic mass is 9.89. The van der Waals surface area contributed by atoms with Crippen LogP contribution in [-0.4, -0.2) is 57.0 Å². The zero-order valence-corrected chi connectivity index (χ0v) is 19.6. The number of para-hydroxylation sites is 1. The molecule has 32 heavy (non-hydrogen) atoms. The highest BCUT2D eigenvalue weighted by Gasteiger charge is 2.27. The number of piperidine rings is 1. The third kappa shape index (κ3) is 4.65. The third-order valence-corrected chi connectivity index (χ3v) is 7.30. The molecule has 1 fully saturated rings. The molecule has 0 aliphatic carbocycles. The first-order valence-corrected chi connectivity index (χ1v) is 12.3. The van der Waals surface area contributed by atoms with E-state index in [0.29, 0.717) is 12.0 Å².